The molecule has 1 aromatic heterocycles. The lowest BCUT2D eigenvalue weighted by Gasteiger charge is -2.36. The maximum Gasteiger partial charge on any atom is 0.306 e. The largest absolute Gasteiger partial charge is 0.481 e. The van der Waals surface area contributed by atoms with Crippen LogP contribution in [0.4, 0.5) is 0 Å². The van der Waals surface area contributed by atoms with Crippen LogP contribution in [-0.2, 0) is 21.6 Å². The van der Waals surface area contributed by atoms with Crippen LogP contribution in [0, 0.1) is 0 Å². The van der Waals surface area contributed by atoms with Gasteiger partial charge in [0.25, 0.3) is 0 Å². The molecule has 1 unspecified atom stereocenters. The molecule has 0 saturated carbocycles. The molecule has 0 amide bonds. The van der Waals surface area contributed by atoms with E-state index in [1.807, 2.05) is 18.2 Å². The van der Waals surface area contributed by atoms with Crippen molar-refractivity contribution in [3.63, 3.8) is 0 Å². The van der Waals surface area contributed by atoms with E-state index in [9.17, 15) is 9.90 Å². The highest BCUT2D eigenvalue weighted by Crippen LogP contribution is 2.43. The van der Waals surface area contributed by atoms with E-state index in [2.05, 4.69) is 42.2 Å². The van der Waals surface area contributed by atoms with Gasteiger partial charge in [0.1, 0.15) is 5.60 Å². The minimum atomic E-state index is -0.826. The number of nitrogens with one attached hydrogen (secondary N) is 1. The van der Waals surface area contributed by atoms with E-state index in [1.54, 1.807) is 0 Å². The Morgan fingerprint density at radius 3 is 2.73 bits per heavy atom. The highest BCUT2D eigenvalue weighted by atomic mass is 16.5. The number of aliphatic carboxylic acids is 1. The van der Waals surface area contributed by atoms with Crippen molar-refractivity contribution in [1.82, 2.24) is 4.98 Å². The van der Waals surface area contributed by atoms with Crippen LogP contribution in [-0.4, -0.2) is 22.7 Å². The fourth-order valence-corrected chi connectivity index (χ4v) is 4.27. The predicted octanol–water partition coefficient (Wildman–Crippen LogP) is 4.88. The van der Waals surface area contributed by atoms with Crippen molar-refractivity contribution in [3.8, 4) is 11.1 Å². The molecule has 1 aliphatic rings. The molecule has 2 aromatic carbocycles. The van der Waals surface area contributed by atoms with Gasteiger partial charge in [-0.3, -0.25) is 4.79 Å². The Balaban J connectivity index is 1.94. The standard InChI is InChI=1S/C22H23NO3/c1-2-12-22(14-19(24)25)21-18(11-13-26-22)17-10-6-9-16(20(17)23-21)15-7-4-3-5-8-15/h3-10,23H,2,11-14H2,1H3,(H,24,25). The maximum absolute atomic E-state index is 11.6. The quantitative estimate of drug-likeness (QED) is 0.690. The number of carboxylic acid groups (broad SMARTS) is 1. The first-order valence-corrected chi connectivity index (χ1v) is 9.20. The number of fused-ring (bicyclic) bond motifs is 3. The van der Waals surface area contributed by atoms with Crippen LogP contribution in [0.5, 0.6) is 0 Å². The topological polar surface area (TPSA) is 62.3 Å². The van der Waals surface area contributed by atoms with E-state index in [0.29, 0.717) is 13.0 Å². The smallest absolute Gasteiger partial charge is 0.306 e. The molecule has 0 bridgehead atoms. The van der Waals surface area contributed by atoms with Crippen molar-refractivity contribution >= 4 is 16.9 Å². The number of para-hydroxylation sites is 1. The lowest BCUT2D eigenvalue weighted by atomic mass is 9.85. The number of benzene rings is 2. The summed E-state index contributed by atoms with van der Waals surface area (Å²) in [5.74, 6) is -0.826. The first kappa shape index (κ1) is 16.9. The summed E-state index contributed by atoms with van der Waals surface area (Å²) in [7, 11) is 0. The molecule has 0 saturated heterocycles. The normalized spacial score (nSPS) is 19.4. The molecule has 1 aliphatic heterocycles. The van der Waals surface area contributed by atoms with Gasteiger partial charge in [0.05, 0.1) is 24.2 Å². The van der Waals surface area contributed by atoms with E-state index < -0.39 is 11.6 Å². The summed E-state index contributed by atoms with van der Waals surface area (Å²) in [6.07, 6.45) is 2.35. The number of carboxylic acids is 1. The van der Waals surface area contributed by atoms with Gasteiger partial charge in [0, 0.05) is 10.9 Å². The third-order valence-corrected chi connectivity index (χ3v) is 5.30. The number of carbonyl (C=O) groups is 1. The van der Waals surface area contributed by atoms with Gasteiger partial charge >= 0.3 is 5.97 Å². The van der Waals surface area contributed by atoms with E-state index in [0.717, 1.165) is 35.2 Å². The van der Waals surface area contributed by atoms with E-state index >= 15 is 0 Å². The van der Waals surface area contributed by atoms with Gasteiger partial charge in [-0.25, -0.2) is 0 Å². The monoisotopic (exact) mass is 349 g/mol. The lowest BCUT2D eigenvalue weighted by Crippen LogP contribution is -2.37. The van der Waals surface area contributed by atoms with Crippen LogP contribution >= 0.6 is 0 Å². The van der Waals surface area contributed by atoms with Crippen molar-refractivity contribution in [2.45, 2.75) is 38.2 Å². The van der Waals surface area contributed by atoms with Gasteiger partial charge in [-0.1, -0.05) is 61.9 Å². The summed E-state index contributed by atoms with van der Waals surface area (Å²) < 4.78 is 6.11. The molecular weight excluding hydrogens is 326 g/mol. The Morgan fingerprint density at radius 1 is 1.19 bits per heavy atom. The average molecular weight is 349 g/mol. The fourth-order valence-electron chi connectivity index (χ4n) is 4.27. The van der Waals surface area contributed by atoms with Crippen molar-refractivity contribution in [3.05, 3.63) is 59.8 Å². The number of hydrogen-bond donors (Lipinski definition) is 2. The Hall–Kier alpha value is -2.59. The maximum atomic E-state index is 11.6. The van der Waals surface area contributed by atoms with Gasteiger partial charge in [-0.05, 0) is 24.0 Å². The molecule has 0 spiro atoms. The van der Waals surface area contributed by atoms with Gasteiger partial charge < -0.3 is 14.8 Å². The molecular formula is C22H23NO3. The van der Waals surface area contributed by atoms with Gasteiger partial charge in [0.2, 0.25) is 0 Å². The fraction of sp³-hybridized carbons (Fsp3) is 0.318. The summed E-state index contributed by atoms with van der Waals surface area (Å²) >= 11 is 0. The highest BCUT2D eigenvalue weighted by molar-refractivity contribution is 5.97. The molecule has 0 fully saturated rings. The van der Waals surface area contributed by atoms with Crippen molar-refractivity contribution < 1.29 is 14.6 Å². The van der Waals surface area contributed by atoms with E-state index in [-0.39, 0.29) is 6.42 Å². The van der Waals surface area contributed by atoms with Gasteiger partial charge in [-0.2, -0.15) is 0 Å². The average Bonchev–Trinajstić information content (AvgIpc) is 3.03. The van der Waals surface area contributed by atoms with Crippen LogP contribution in [0.2, 0.25) is 0 Å². The molecule has 0 aliphatic carbocycles. The zero-order chi connectivity index (χ0) is 18.1. The Kier molecular flexibility index (Phi) is 4.29. The number of H-pyrrole nitrogens is 1. The molecule has 1 atom stereocenters. The van der Waals surface area contributed by atoms with Crippen molar-refractivity contribution in [2.24, 2.45) is 0 Å². The summed E-state index contributed by atoms with van der Waals surface area (Å²) in [4.78, 5) is 15.1. The van der Waals surface area contributed by atoms with Crippen LogP contribution in [0.1, 0.15) is 37.4 Å². The third kappa shape index (κ3) is 2.71. The molecule has 0 radical (unpaired) electrons. The lowest BCUT2D eigenvalue weighted by molar-refractivity contribution is -0.149. The second kappa shape index (κ2) is 6.61. The van der Waals surface area contributed by atoms with E-state index in [1.165, 1.54) is 10.9 Å². The van der Waals surface area contributed by atoms with Crippen molar-refractivity contribution in [2.75, 3.05) is 6.61 Å². The summed E-state index contributed by atoms with van der Waals surface area (Å²) in [6, 6.07) is 16.6. The van der Waals surface area contributed by atoms with Crippen LogP contribution in [0.3, 0.4) is 0 Å². The number of aromatic nitrogens is 1. The Morgan fingerprint density at radius 2 is 2.00 bits per heavy atom. The number of rotatable bonds is 5. The second-order valence-electron chi connectivity index (χ2n) is 6.99. The molecule has 134 valence electrons. The third-order valence-electron chi connectivity index (χ3n) is 5.30. The summed E-state index contributed by atoms with van der Waals surface area (Å²) in [6.45, 7) is 2.63. The molecule has 4 rings (SSSR count). The van der Waals surface area contributed by atoms with Crippen LogP contribution < -0.4 is 0 Å². The van der Waals surface area contributed by atoms with Crippen LogP contribution in [0.25, 0.3) is 22.0 Å². The van der Waals surface area contributed by atoms with Crippen LogP contribution in [0.15, 0.2) is 48.5 Å². The molecule has 26 heavy (non-hydrogen) atoms. The second-order valence-corrected chi connectivity index (χ2v) is 6.99. The Labute approximate surface area is 152 Å². The molecule has 2 heterocycles. The zero-order valence-electron chi connectivity index (χ0n) is 14.9. The number of hydrogen-bond acceptors (Lipinski definition) is 2. The predicted molar refractivity (Wildman–Crippen MR) is 102 cm³/mol. The van der Waals surface area contributed by atoms with E-state index in [4.69, 9.17) is 4.74 Å². The first-order chi connectivity index (χ1) is 12.6. The molecule has 4 heteroatoms. The minimum absolute atomic E-state index is 0.0126. The molecule has 3 aromatic rings. The minimum Gasteiger partial charge on any atom is -0.481 e. The highest BCUT2D eigenvalue weighted by Gasteiger charge is 2.41. The summed E-state index contributed by atoms with van der Waals surface area (Å²) in [5, 5.41) is 10.7. The Bertz CT molecular complexity index is 945. The number of ether oxygens (including phenoxy) is 1. The van der Waals surface area contributed by atoms with Gasteiger partial charge in [0.15, 0.2) is 0 Å². The first-order valence-electron chi connectivity index (χ1n) is 9.20. The zero-order valence-corrected chi connectivity index (χ0v) is 14.9. The SMILES string of the molecule is CCCC1(CC(=O)O)OCCc2c1[nH]c1c(-c3ccccc3)cccc21. The molecule has 4 nitrogen and oxygen atoms in total. The number of aromatic amines is 1. The summed E-state index contributed by atoms with van der Waals surface area (Å²) in [5.41, 5.74) is 4.75. The molecule has 2 N–H and O–H groups in total. The van der Waals surface area contributed by atoms with Crippen molar-refractivity contribution in [1.29, 1.82) is 0 Å². The van der Waals surface area contributed by atoms with Gasteiger partial charge in [-0.15, -0.1) is 0 Å².